The minimum atomic E-state index is -1.36. The van der Waals surface area contributed by atoms with E-state index in [1.807, 2.05) is 23.8 Å². The van der Waals surface area contributed by atoms with Gasteiger partial charge >= 0.3 is 11.9 Å². The predicted molar refractivity (Wildman–Crippen MR) is 160 cm³/mol. The van der Waals surface area contributed by atoms with Crippen LogP contribution in [0, 0.1) is 23.7 Å². The minimum absolute atomic E-state index is 0.0887. The number of aromatic nitrogens is 2. The Hall–Kier alpha value is -2.37. The monoisotopic (exact) mass is 615 g/mol. The molecule has 1 amide bonds. The average molecular weight is 616 g/mol. The Balaban J connectivity index is 1.46. The molecule has 2 aromatic rings. The molecule has 3 fully saturated rings. The summed E-state index contributed by atoms with van der Waals surface area (Å²) in [6.45, 7) is 5.04. The van der Waals surface area contributed by atoms with Crippen molar-refractivity contribution in [2.24, 2.45) is 23.7 Å². The molecule has 4 heterocycles. The van der Waals surface area contributed by atoms with Gasteiger partial charge in [0.15, 0.2) is 0 Å². The van der Waals surface area contributed by atoms with Crippen LogP contribution in [0.15, 0.2) is 23.2 Å². The summed E-state index contributed by atoms with van der Waals surface area (Å²) in [4.78, 5) is 48.6. The molecule has 2 aliphatic carbocycles. The van der Waals surface area contributed by atoms with Crippen LogP contribution in [0.5, 0.6) is 0 Å². The highest BCUT2D eigenvalue weighted by Gasteiger charge is 2.62. The number of nitrogens with zero attached hydrogens (tertiary/aromatic N) is 3. The summed E-state index contributed by atoms with van der Waals surface area (Å²) in [7, 11) is 0. The number of ether oxygens (including phenoxy) is 2. The van der Waals surface area contributed by atoms with Crippen LogP contribution < -0.4 is 0 Å². The lowest BCUT2D eigenvalue weighted by Gasteiger charge is -2.48. The van der Waals surface area contributed by atoms with E-state index < -0.39 is 29.7 Å². The van der Waals surface area contributed by atoms with Crippen molar-refractivity contribution < 1.29 is 29.0 Å². The van der Waals surface area contributed by atoms with Crippen LogP contribution in [0.3, 0.4) is 0 Å². The van der Waals surface area contributed by atoms with Gasteiger partial charge in [0.05, 0.1) is 22.9 Å². The fourth-order valence-electron chi connectivity index (χ4n) is 8.04. The molecular formula is C31H41N3O6S2. The molecule has 2 aliphatic heterocycles. The number of aliphatic hydroxyl groups is 1. The van der Waals surface area contributed by atoms with Gasteiger partial charge in [-0.3, -0.25) is 14.0 Å². The average Bonchev–Trinajstić information content (AvgIpc) is 3.62. The second-order valence-electron chi connectivity index (χ2n) is 12.5. The molecular weight excluding hydrogens is 574 g/mol. The van der Waals surface area contributed by atoms with Gasteiger partial charge in [-0.05, 0) is 38.9 Å². The molecule has 6 rings (SSSR count). The van der Waals surface area contributed by atoms with Crippen LogP contribution in [0.1, 0.15) is 89.9 Å². The van der Waals surface area contributed by atoms with Gasteiger partial charge < -0.3 is 19.5 Å². The molecule has 0 radical (unpaired) electrons. The second kappa shape index (κ2) is 11.6. The quantitative estimate of drug-likeness (QED) is 0.176. The number of amides is 1. The van der Waals surface area contributed by atoms with Crippen LogP contribution in [0.2, 0.25) is 0 Å². The van der Waals surface area contributed by atoms with Crippen molar-refractivity contribution in [3.63, 3.8) is 0 Å². The molecule has 9 nitrogen and oxygen atoms in total. The largest absolute Gasteiger partial charge is 0.422 e. The van der Waals surface area contributed by atoms with E-state index in [0.717, 1.165) is 84.5 Å². The topological polar surface area (TPSA) is 110 Å². The normalized spacial score (nSPS) is 26.4. The fourth-order valence-corrected chi connectivity index (χ4v) is 9.96. The van der Waals surface area contributed by atoms with Gasteiger partial charge in [0.25, 0.3) is 5.79 Å². The van der Waals surface area contributed by atoms with Crippen molar-refractivity contribution in [1.82, 2.24) is 14.3 Å². The third kappa shape index (κ3) is 4.79. The maximum atomic E-state index is 14.6. The standard InChI is InChI=1S/C31H41N3O6S2/c1-17-23(22-15-33-16-32-27(41-4)29(33)42-22)26(34-25(17)24(18(2)35)28(34)37)30(38)40-31(39-19(3)36,20-11-7-5-8-12-20)21-13-9-6-10-14-21/h15-18,20-21,24-25,35H,5-14H2,1-4H3/t17-,18+,24+,25+/m0/s1. The number of esters is 2. The SMILES string of the molecule is CSc1ncn2cc(C3=C(C(=O)OC(OC(C)=O)(C4CCCCC4)C4CCCCC4)N4C(=O)[C@H]([C@@H](C)O)[C@H]4[C@H]3C)sc12. The maximum Gasteiger partial charge on any atom is 0.358 e. The molecule has 2 saturated carbocycles. The lowest BCUT2D eigenvalue weighted by Crippen LogP contribution is -2.64. The first-order valence-corrected chi connectivity index (χ1v) is 17.4. The summed E-state index contributed by atoms with van der Waals surface area (Å²) in [6.07, 6.45) is 14.4. The van der Waals surface area contributed by atoms with E-state index in [0.29, 0.717) is 0 Å². The van der Waals surface area contributed by atoms with Crippen molar-refractivity contribution in [3.05, 3.63) is 23.1 Å². The molecule has 1 saturated heterocycles. The van der Waals surface area contributed by atoms with Crippen molar-refractivity contribution in [2.45, 2.75) is 108 Å². The van der Waals surface area contributed by atoms with Crippen LogP contribution >= 0.6 is 23.1 Å². The van der Waals surface area contributed by atoms with Gasteiger partial charge in [-0.25, -0.2) is 9.78 Å². The number of carbonyl (C=O) groups is 3. The summed E-state index contributed by atoms with van der Waals surface area (Å²) < 4.78 is 14.7. The smallest absolute Gasteiger partial charge is 0.358 e. The summed E-state index contributed by atoms with van der Waals surface area (Å²) in [6, 6.07) is -0.345. The first-order chi connectivity index (χ1) is 20.2. The van der Waals surface area contributed by atoms with Crippen LogP contribution in [0.25, 0.3) is 10.4 Å². The number of hydrogen-bond acceptors (Lipinski definition) is 9. The molecule has 2 aromatic heterocycles. The number of imidazole rings is 1. The second-order valence-corrected chi connectivity index (χ2v) is 14.3. The molecule has 11 heteroatoms. The number of thiazole rings is 1. The molecule has 228 valence electrons. The van der Waals surface area contributed by atoms with Crippen molar-refractivity contribution >= 4 is 51.3 Å². The molecule has 4 aliphatic rings. The Morgan fingerprint density at radius 2 is 1.71 bits per heavy atom. The van der Waals surface area contributed by atoms with Crippen molar-refractivity contribution in [1.29, 1.82) is 0 Å². The van der Waals surface area contributed by atoms with E-state index >= 15 is 0 Å². The predicted octanol–water partition coefficient (Wildman–Crippen LogP) is 5.65. The van der Waals surface area contributed by atoms with Crippen molar-refractivity contribution in [2.75, 3.05) is 6.26 Å². The van der Waals surface area contributed by atoms with Crippen LogP contribution in [-0.2, 0) is 23.9 Å². The van der Waals surface area contributed by atoms with E-state index in [1.54, 1.807) is 29.9 Å². The fraction of sp³-hybridized carbons (Fsp3) is 0.677. The van der Waals surface area contributed by atoms with E-state index in [2.05, 4.69) is 4.98 Å². The zero-order chi connectivity index (χ0) is 29.8. The number of aliphatic hydroxyl groups excluding tert-OH is 1. The van der Waals surface area contributed by atoms with Gasteiger partial charge in [-0.15, -0.1) is 23.1 Å². The first-order valence-electron chi connectivity index (χ1n) is 15.4. The van der Waals surface area contributed by atoms with Gasteiger partial charge in [-0.2, -0.15) is 0 Å². The van der Waals surface area contributed by atoms with Gasteiger partial charge in [0.1, 0.15) is 21.9 Å². The number of β-lactam (4-membered cyclic amide) rings is 1. The Bertz CT molecular complexity index is 1380. The number of thioether (sulfide) groups is 1. The lowest BCUT2D eigenvalue weighted by atomic mass is 9.72. The first kappa shape index (κ1) is 29.7. The van der Waals surface area contributed by atoms with Crippen LogP contribution in [0.4, 0.5) is 0 Å². The van der Waals surface area contributed by atoms with Gasteiger partial charge in [0.2, 0.25) is 5.91 Å². The van der Waals surface area contributed by atoms with Crippen LogP contribution in [-0.4, -0.2) is 61.4 Å². The molecule has 0 bridgehead atoms. The Morgan fingerprint density at radius 1 is 1.10 bits per heavy atom. The van der Waals surface area contributed by atoms with Gasteiger partial charge in [0, 0.05) is 36.4 Å². The molecule has 0 aromatic carbocycles. The highest BCUT2D eigenvalue weighted by atomic mass is 32.2. The van der Waals surface area contributed by atoms with E-state index in [1.165, 1.54) is 18.3 Å². The third-order valence-electron chi connectivity index (χ3n) is 9.91. The van der Waals surface area contributed by atoms with E-state index in [-0.39, 0.29) is 35.4 Å². The number of carbonyl (C=O) groups excluding carboxylic acids is 3. The van der Waals surface area contributed by atoms with E-state index in [4.69, 9.17) is 9.47 Å². The van der Waals surface area contributed by atoms with Crippen molar-refractivity contribution in [3.8, 4) is 0 Å². The number of fused-ring (bicyclic) bond motifs is 2. The Kier molecular flexibility index (Phi) is 8.21. The highest BCUT2D eigenvalue weighted by molar-refractivity contribution is 7.98. The molecule has 0 unspecified atom stereocenters. The summed E-state index contributed by atoms with van der Waals surface area (Å²) >= 11 is 3.09. The summed E-state index contributed by atoms with van der Waals surface area (Å²) in [5, 5.41) is 11.4. The van der Waals surface area contributed by atoms with Gasteiger partial charge in [-0.1, -0.05) is 45.4 Å². The summed E-state index contributed by atoms with van der Waals surface area (Å²) in [5.74, 6) is -3.67. The third-order valence-corrected chi connectivity index (χ3v) is 11.9. The molecule has 0 spiro atoms. The summed E-state index contributed by atoms with van der Waals surface area (Å²) in [5.41, 5.74) is 0.965. The zero-order valence-electron chi connectivity index (χ0n) is 24.8. The zero-order valence-corrected chi connectivity index (χ0v) is 26.5. The lowest BCUT2D eigenvalue weighted by molar-refractivity contribution is -0.275. The molecule has 42 heavy (non-hydrogen) atoms. The number of rotatable bonds is 8. The van der Waals surface area contributed by atoms with E-state index in [9.17, 15) is 19.5 Å². The Morgan fingerprint density at radius 3 is 2.26 bits per heavy atom. The Labute approximate surface area is 255 Å². The highest BCUT2D eigenvalue weighted by Crippen LogP contribution is 2.53. The molecule has 1 N–H and O–H groups in total. The minimum Gasteiger partial charge on any atom is -0.422 e. The number of hydrogen-bond donors (Lipinski definition) is 1. The maximum absolute atomic E-state index is 14.6. The molecule has 4 atom stereocenters.